The first-order valence-electron chi connectivity index (χ1n) is 7.09. The number of hydrogen-bond acceptors (Lipinski definition) is 2. The maximum absolute atomic E-state index is 6.37. The minimum Gasteiger partial charge on any atom is -0.383 e. The zero-order valence-electron chi connectivity index (χ0n) is 12.4. The van der Waals surface area contributed by atoms with E-state index in [0.29, 0.717) is 32.3 Å². The van der Waals surface area contributed by atoms with E-state index in [2.05, 4.69) is 4.98 Å². The number of benzene rings is 2. The van der Waals surface area contributed by atoms with Crippen molar-refractivity contribution >= 4 is 52.2 Å². The lowest BCUT2D eigenvalue weighted by atomic mass is 9.95. The quantitative estimate of drug-likeness (QED) is 0.545. The Hall–Kier alpha value is -1.45. The lowest BCUT2D eigenvalue weighted by Gasteiger charge is -2.15. The summed E-state index contributed by atoms with van der Waals surface area (Å²) in [6.45, 7) is 0. The fraction of sp³-hybridized carbons (Fsp3) is 0.0556. The molecule has 0 aliphatic carbocycles. The van der Waals surface area contributed by atoms with Crippen LogP contribution in [-0.4, -0.2) is 4.98 Å². The van der Waals surface area contributed by atoms with Crippen LogP contribution < -0.4 is 5.73 Å². The van der Waals surface area contributed by atoms with Gasteiger partial charge in [-0.25, -0.2) is 4.98 Å². The Labute approximate surface area is 160 Å². The molecule has 1 aromatic heterocycles. The first-order valence-corrected chi connectivity index (χ1v) is 8.61. The van der Waals surface area contributed by atoms with Crippen molar-refractivity contribution in [3.8, 4) is 11.1 Å². The standard InChI is InChI=1S/C18H12Cl4N2/c19-13-4-2-5-14(20)12(13)9-10-7-8-24-18(23)16(10)11-3-1-6-15(21)17(11)22/h1-8H,9H2,(H2,23,24). The molecular formula is C18H12Cl4N2. The molecular weight excluding hydrogens is 386 g/mol. The summed E-state index contributed by atoms with van der Waals surface area (Å²) in [5.74, 6) is 0.375. The molecule has 0 saturated heterocycles. The molecule has 1 heterocycles. The summed E-state index contributed by atoms with van der Waals surface area (Å²) in [6, 6.07) is 12.7. The maximum atomic E-state index is 6.37. The van der Waals surface area contributed by atoms with Crippen LogP contribution in [0.2, 0.25) is 20.1 Å². The molecule has 2 aromatic carbocycles. The van der Waals surface area contributed by atoms with Gasteiger partial charge >= 0.3 is 0 Å². The lowest BCUT2D eigenvalue weighted by Crippen LogP contribution is -2.01. The fourth-order valence-corrected chi connectivity index (χ4v) is 3.49. The van der Waals surface area contributed by atoms with Gasteiger partial charge in [0.1, 0.15) is 5.82 Å². The number of aromatic nitrogens is 1. The van der Waals surface area contributed by atoms with E-state index in [9.17, 15) is 0 Å². The van der Waals surface area contributed by atoms with Gasteiger partial charge in [-0.15, -0.1) is 0 Å². The van der Waals surface area contributed by atoms with Crippen LogP contribution in [0.25, 0.3) is 11.1 Å². The monoisotopic (exact) mass is 396 g/mol. The van der Waals surface area contributed by atoms with Crippen LogP contribution >= 0.6 is 46.4 Å². The molecule has 3 aromatic rings. The average molecular weight is 398 g/mol. The number of nitrogens with two attached hydrogens (primary N) is 1. The molecule has 0 radical (unpaired) electrons. The van der Waals surface area contributed by atoms with Gasteiger partial charge < -0.3 is 5.73 Å². The number of nitrogen functional groups attached to an aromatic ring is 1. The Kier molecular flexibility index (Phi) is 5.21. The van der Waals surface area contributed by atoms with Crippen molar-refractivity contribution < 1.29 is 0 Å². The minimum absolute atomic E-state index is 0.375. The summed E-state index contributed by atoms with van der Waals surface area (Å²) in [4.78, 5) is 4.18. The molecule has 0 aliphatic rings. The molecule has 6 heteroatoms. The zero-order valence-corrected chi connectivity index (χ0v) is 15.4. The Bertz CT molecular complexity index is 889. The van der Waals surface area contributed by atoms with Crippen molar-refractivity contribution in [1.29, 1.82) is 0 Å². The Balaban J connectivity index is 2.17. The van der Waals surface area contributed by atoms with E-state index >= 15 is 0 Å². The van der Waals surface area contributed by atoms with Gasteiger partial charge in [0.05, 0.1) is 10.0 Å². The third-order valence-electron chi connectivity index (χ3n) is 3.72. The molecule has 3 rings (SSSR count). The second kappa shape index (κ2) is 7.20. The summed E-state index contributed by atoms with van der Waals surface area (Å²) in [5.41, 5.74) is 9.33. The second-order valence-corrected chi connectivity index (χ2v) is 6.81. The number of pyridine rings is 1. The highest BCUT2D eigenvalue weighted by molar-refractivity contribution is 6.43. The van der Waals surface area contributed by atoms with Gasteiger partial charge in [-0.1, -0.05) is 64.6 Å². The normalized spacial score (nSPS) is 10.8. The number of halogens is 4. The Morgan fingerprint density at radius 2 is 1.46 bits per heavy atom. The van der Waals surface area contributed by atoms with Crippen LogP contribution in [0.5, 0.6) is 0 Å². The Morgan fingerprint density at radius 3 is 2.17 bits per heavy atom. The van der Waals surface area contributed by atoms with Crippen LogP contribution in [0.3, 0.4) is 0 Å². The number of nitrogens with zero attached hydrogens (tertiary/aromatic N) is 1. The van der Waals surface area contributed by atoms with Gasteiger partial charge in [0.15, 0.2) is 0 Å². The second-order valence-electron chi connectivity index (χ2n) is 5.21. The highest BCUT2D eigenvalue weighted by Crippen LogP contribution is 2.39. The van der Waals surface area contributed by atoms with Crippen LogP contribution in [0.4, 0.5) is 5.82 Å². The van der Waals surface area contributed by atoms with Crippen molar-refractivity contribution in [2.45, 2.75) is 6.42 Å². The topological polar surface area (TPSA) is 38.9 Å². The van der Waals surface area contributed by atoms with Gasteiger partial charge in [-0.2, -0.15) is 0 Å². The molecule has 0 unspecified atom stereocenters. The molecule has 0 saturated carbocycles. The van der Waals surface area contributed by atoms with Gasteiger partial charge in [-0.05, 0) is 35.4 Å². The molecule has 2 nitrogen and oxygen atoms in total. The van der Waals surface area contributed by atoms with E-state index in [-0.39, 0.29) is 0 Å². The van der Waals surface area contributed by atoms with E-state index in [4.69, 9.17) is 52.1 Å². The minimum atomic E-state index is 0.375. The third-order valence-corrected chi connectivity index (χ3v) is 5.24. The van der Waals surface area contributed by atoms with Crippen LogP contribution in [0.1, 0.15) is 11.1 Å². The van der Waals surface area contributed by atoms with Crippen LogP contribution in [0, 0.1) is 0 Å². The van der Waals surface area contributed by atoms with E-state index in [1.165, 1.54) is 0 Å². The van der Waals surface area contributed by atoms with Crippen molar-refractivity contribution in [1.82, 2.24) is 4.98 Å². The average Bonchev–Trinajstić information content (AvgIpc) is 2.54. The molecule has 2 N–H and O–H groups in total. The zero-order chi connectivity index (χ0) is 17.3. The fourth-order valence-electron chi connectivity index (χ4n) is 2.57. The predicted molar refractivity (Wildman–Crippen MR) is 103 cm³/mol. The Morgan fingerprint density at radius 1 is 0.833 bits per heavy atom. The lowest BCUT2D eigenvalue weighted by molar-refractivity contribution is 1.17. The van der Waals surface area contributed by atoms with E-state index in [1.807, 2.05) is 24.3 Å². The SMILES string of the molecule is Nc1nccc(Cc2c(Cl)cccc2Cl)c1-c1cccc(Cl)c1Cl. The smallest absolute Gasteiger partial charge is 0.131 e. The summed E-state index contributed by atoms with van der Waals surface area (Å²) in [7, 11) is 0. The number of anilines is 1. The summed E-state index contributed by atoms with van der Waals surface area (Å²) < 4.78 is 0. The van der Waals surface area contributed by atoms with Crippen molar-refractivity contribution in [3.05, 3.63) is 79.9 Å². The first kappa shape index (κ1) is 17.4. The summed E-state index contributed by atoms with van der Waals surface area (Å²) in [5, 5.41) is 2.09. The maximum Gasteiger partial charge on any atom is 0.131 e. The molecule has 24 heavy (non-hydrogen) atoms. The van der Waals surface area contributed by atoms with Gasteiger partial charge in [0.25, 0.3) is 0 Å². The van der Waals surface area contributed by atoms with Crippen molar-refractivity contribution in [2.75, 3.05) is 5.73 Å². The van der Waals surface area contributed by atoms with E-state index in [1.54, 1.807) is 24.4 Å². The molecule has 0 atom stereocenters. The van der Waals surface area contributed by atoms with Gasteiger partial charge in [0, 0.05) is 33.8 Å². The van der Waals surface area contributed by atoms with Crippen molar-refractivity contribution in [3.63, 3.8) is 0 Å². The number of hydrogen-bond donors (Lipinski definition) is 1. The molecule has 0 spiro atoms. The molecule has 0 fully saturated rings. The van der Waals surface area contributed by atoms with Gasteiger partial charge in [0.2, 0.25) is 0 Å². The first-order chi connectivity index (χ1) is 11.5. The van der Waals surface area contributed by atoms with E-state index in [0.717, 1.165) is 22.3 Å². The largest absolute Gasteiger partial charge is 0.383 e. The van der Waals surface area contributed by atoms with Crippen LogP contribution in [-0.2, 0) is 6.42 Å². The highest BCUT2D eigenvalue weighted by atomic mass is 35.5. The number of rotatable bonds is 3. The molecule has 0 aliphatic heterocycles. The molecule has 0 amide bonds. The molecule has 122 valence electrons. The third kappa shape index (κ3) is 3.33. The molecule has 0 bridgehead atoms. The summed E-state index contributed by atoms with van der Waals surface area (Å²) in [6.07, 6.45) is 2.15. The predicted octanol–water partition coefficient (Wildman–Crippen LogP) is 6.54. The van der Waals surface area contributed by atoms with Gasteiger partial charge in [-0.3, -0.25) is 0 Å². The van der Waals surface area contributed by atoms with E-state index < -0.39 is 0 Å². The highest BCUT2D eigenvalue weighted by Gasteiger charge is 2.17. The summed E-state index contributed by atoms with van der Waals surface area (Å²) >= 11 is 25.1. The van der Waals surface area contributed by atoms with Crippen molar-refractivity contribution in [2.24, 2.45) is 0 Å². The van der Waals surface area contributed by atoms with Crippen LogP contribution in [0.15, 0.2) is 48.7 Å².